The maximum Gasteiger partial charge on any atom is 0.300 e. The fourth-order valence-electron chi connectivity index (χ4n) is 4.82. The van der Waals surface area contributed by atoms with Crippen LogP contribution in [0.2, 0.25) is 0 Å². The molecule has 6 nitrogen and oxygen atoms in total. The van der Waals surface area contributed by atoms with Crippen molar-refractivity contribution in [3.05, 3.63) is 94.6 Å². The maximum atomic E-state index is 13.6. The molecule has 1 N–H and O–H groups in total. The number of para-hydroxylation sites is 2. The first kappa shape index (κ1) is 28.0. The van der Waals surface area contributed by atoms with E-state index in [1.807, 2.05) is 57.2 Å². The molecule has 1 aliphatic heterocycles. The van der Waals surface area contributed by atoms with E-state index in [-0.39, 0.29) is 16.7 Å². The molecular weight excluding hydrogens is 490 g/mol. The van der Waals surface area contributed by atoms with Gasteiger partial charge in [0.15, 0.2) is 0 Å². The SMILES string of the molecule is CCCOc1ccccc1N1C(=O)C(=O)/C(=C(\O)c2ccc(OCC)c(C)c2)C1c1ccc(C(C)(C)C)cc1. The molecule has 0 saturated carbocycles. The number of amides is 1. The molecule has 39 heavy (non-hydrogen) atoms. The molecule has 1 unspecified atom stereocenters. The molecule has 3 aromatic carbocycles. The first-order valence-corrected chi connectivity index (χ1v) is 13.5. The highest BCUT2D eigenvalue weighted by atomic mass is 16.5. The van der Waals surface area contributed by atoms with Crippen molar-refractivity contribution in [3.63, 3.8) is 0 Å². The summed E-state index contributed by atoms with van der Waals surface area (Å²) in [5, 5.41) is 11.6. The molecule has 1 saturated heterocycles. The van der Waals surface area contributed by atoms with Crippen LogP contribution in [0.4, 0.5) is 5.69 Å². The number of hydrogen-bond donors (Lipinski definition) is 1. The molecule has 0 aliphatic carbocycles. The Morgan fingerprint density at radius 3 is 2.23 bits per heavy atom. The molecule has 1 fully saturated rings. The summed E-state index contributed by atoms with van der Waals surface area (Å²) in [6.07, 6.45) is 0.794. The number of aliphatic hydroxyl groups is 1. The minimum atomic E-state index is -0.836. The van der Waals surface area contributed by atoms with Gasteiger partial charge >= 0.3 is 0 Å². The average molecular weight is 528 g/mol. The second-order valence-electron chi connectivity index (χ2n) is 10.8. The normalized spacial score (nSPS) is 17.0. The number of carbonyl (C=O) groups is 2. The number of benzene rings is 3. The van der Waals surface area contributed by atoms with E-state index < -0.39 is 17.7 Å². The molecule has 1 aliphatic rings. The predicted octanol–water partition coefficient (Wildman–Crippen LogP) is 7.11. The maximum absolute atomic E-state index is 13.6. The Bertz CT molecular complexity index is 1400. The van der Waals surface area contributed by atoms with Crippen molar-refractivity contribution in [2.24, 2.45) is 0 Å². The fraction of sp³-hybridized carbons (Fsp3) is 0.333. The number of ether oxygens (including phenoxy) is 2. The highest BCUT2D eigenvalue weighted by Gasteiger charge is 2.47. The number of rotatable bonds is 8. The summed E-state index contributed by atoms with van der Waals surface area (Å²) < 4.78 is 11.6. The van der Waals surface area contributed by atoms with Crippen molar-refractivity contribution >= 4 is 23.1 Å². The summed E-state index contributed by atoms with van der Waals surface area (Å²) in [4.78, 5) is 28.7. The summed E-state index contributed by atoms with van der Waals surface area (Å²) in [6.45, 7) is 13.2. The lowest BCUT2D eigenvalue weighted by atomic mass is 9.85. The molecule has 1 atom stereocenters. The van der Waals surface area contributed by atoms with E-state index in [0.717, 1.165) is 23.1 Å². The van der Waals surface area contributed by atoms with Crippen molar-refractivity contribution in [3.8, 4) is 11.5 Å². The second kappa shape index (κ2) is 11.4. The number of aryl methyl sites for hydroxylation is 1. The van der Waals surface area contributed by atoms with Crippen molar-refractivity contribution in [2.45, 2.75) is 59.4 Å². The monoisotopic (exact) mass is 527 g/mol. The number of hydrogen-bond acceptors (Lipinski definition) is 5. The third-order valence-corrected chi connectivity index (χ3v) is 6.87. The molecule has 6 heteroatoms. The smallest absolute Gasteiger partial charge is 0.300 e. The number of carbonyl (C=O) groups excluding carboxylic acids is 2. The molecule has 0 spiro atoms. The lowest BCUT2D eigenvalue weighted by Crippen LogP contribution is -2.30. The van der Waals surface area contributed by atoms with Crippen molar-refractivity contribution in [1.29, 1.82) is 0 Å². The molecular formula is C33H37NO5. The Morgan fingerprint density at radius 1 is 0.923 bits per heavy atom. The largest absolute Gasteiger partial charge is 0.507 e. The van der Waals surface area contributed by atoms with Gasteiger partial charge in [-0.05, 0) is 72.7 Å². The van der Waals surface area contributed by atoms with E-state index in [2.05, 4.69) is 20.8 Å². The van der Waals surface area contributed by atoms with E-state index in [9.17, 15) is 14.7 Å². The molecule has 0 aromatic heterocycles. The van der Waals surface area contributed by atoms with Gasteiger partial charge in [0.05, 0.1) is 30.5 Å². The molecule has 3 aromatic rings. The van der Waals surface area contributed by atoms with Crippen LogP contribution >= 0.6 is 0 Å². The van der Waals surface area contributed by atoms with Crippen LogP contribution in [0.5, 0.6) is 11.5 Å². The van der Waals surface area contributed by atoms with Crippen molar-refractivity contribution < 1.29 is 24.2 Å². The summed E-state index contributed by atoms with van der Waals surface area (Å²) >= 11 is 0. The number of aliphatic hydroxyl groups excluding tert-OH is 1. The molecule has 204 valence electrons. The lowest BCUT2D eigenvalue weighted by Gasteiger charge is -2.28. The van der Waals surface area contributed by atoms with Crippen molar-refractivity contribution in [1.82, 2.24) is 0 Å². The quantitative estimate of drug-likeness (QED) is 0.192. The summed E-state index contributed by atoms with van der Waals surface area (Å²) in [5.74, 6) is -0.468. The fourth-order valence-corrected chi connectivity index (χ4v) is 4.82. The Balaban J connectivity index is 1.92. The predicted molar refractivity (Wildman–Crippen MR) is 155 cm³/mol. The summed E-state index contributed by atoms with van der Waals surface area (Å²) in [7, 11) is 0. The Labute approximate surface area is 230 Å². The minimum absolute atomic E-state index is 0.0392. The van der Waals surface area contributed by atoms with Crippen LogP contribution in [-0.2, 0) is 15.0 Å². The number of ketones is 1. The van der Waals surface area contributed by atoms with E-state index in [4.69, 9.17) is 9.47 Å². The first-order valence-electron chi connectivity index (χ1n) is 13.5. The van der Waals surface area contributed by atoms with Crippen LogP contribution in [0.3, 0.4) is 0 Å². The molecule has 4 rings (SSSR count). The molecule has 1 heterocycles. The average Bonchev–Trinajstić information content (AvgIpc) is 3.18. The van der Waals surface area contributed by atoms with E-state index in [0.29, 0.717) is 36.0 Å². The van der Waals surface area contributed by atoms with Gasteiger partial charge in [-0.15, -0.1) is 0 Å². The Morgan fingerprint density at radius 2 is 1.62 bits per heavy atom. The third kappa shape index (κ3) is 5.56. The molecule has 0 radical (unpaired) electrons. The van der Waals surface area contributed by atoms with Gasteiger partial charge in [-0.2, -0.15) is 0 Å². The van der Waals surface area contributed by atoms with Gasteiger partial charge in [-0.25, -0.2) is 0 Å². The van der Waals surface area contributed by atoms with Gasteiger partial charge in [0.2, 0.25) is 0 Å². The van der Waals surface area contributed by atoms with Crippen molar-refractivity contribution in [2.75, 3.05) is 18.1 Å². The van der Waals surface area contributed by atoms with Crippen LogP contribution < -0.4 is 14.4 Å². The van der Waals surface area contributed by atoms with Gasteiger partial charge in [-0.3, -0.25) is 14.5 Å². The summed E-state index contributed by atoms with van der Waals surface area (Å²) in [5.41, 5.74) is 3.56. The van der Waals surface area contributed by atoms with Gasteiger partial charge in [0.1, 0.15) is 17.3 Å². The summed E-state index contributed by atoms with van der Waals surface area (Å²) in [6, 6.07) is 19.5. The highest BCUT2D eigenvalue weighted by Crippen LogP contribution is 2.45. The van der Waals surface area contributed by atoms with E-state index in [1.165, 1.54) is 4.90 Å². The van der Waals surface area contributed by atoms with Crippen LogP contribution in [-0.4, -0.2) is 30.0 Å². The number of nitrogens with zero attached hydrogens (tertiary/aromatic N) is 1. The molecule has 0 bridgehead atoms. The van der Waals surface area contributed by atoms with Gasteiger partial charge in [0.25, 0.3) is 11.7 Å². The minimum Gasteiger partial charge on any atom is -0.507 e. The van der Waals surface area contributed by atoms with Gasteiger partial charge in [0, 0.05) is 5.56 Å². The zero-order chi connectivity index (χ0) is 28.3. The van der Waals surface area contributed by atoms with Crippen LogP contribution in [0.25, 0.3) is 5.76 Å². The van der Waals surface area contributed by atoms with Gasteiger partial charge < -0.3 is 14.6 Å². The van der Waals surface area contributed by atoms with Crippen LogP contribution in [0.15, 0.2) is 72.3 Å². The van der Waals surface area contributed by atoms with Crippen LogP contribution in [0, 0.1) is 6.92 Å². The first-order chi connectivity index (χ1) is 18.6. The van der Waals surface area contributed by atoms with E-state index >= 15 is 0 Å². The Kier molecular flexibility index (Phi) is 8.14. The number of Topliss-reactive ketones (excluding diaryl/α,β-unsaturated/α-hetero) is 1. The van der Waals surface area contributed by atoms with Gasteiger partial charge in [-0.1, -0.05) is 64.1 Å². The third-order valence-electron chi connectivity index (χ3n) is 6.87. The zero-order valence-electron chi connectivity index (χ0n) is 23.6. The zero-order valence-corrected chi connectivity index (χ0v) is 23.6. The topological polar surface area (TPSA) is 76.1 Å². The standard InChI is InChI=1S/C33H37NO5/c1-7-19-39-27-12-10-9-11-25(27)34-29(22-13-16-24(17-14-22)33(4,5)6)28(31(36)32(34)37)30(35)23-15-18-26(38-8-2)21(3)20-23/h9-18,20,29,35H,7-8,19H2,1-6H3/b30-28-. The second-order valence-corrected chi connectivity index (χ2v) is 10.8. The van der Waals surface area contributed by atoms with E-state index in [1.54, 1.807) is 30.3 Å². The molecule has 1 amide bonds. The Hall–Kier alpha value is -4.06. The highest BCUT2D eigenvalue weighted by molar-refractivity contribution is 6.52. The van der Waals surface area contributed by atoms with Crippen LogP contribution in [0.1, 0.15) is 69.3 Å². The lowest BCUT2D eigenvalue weighted by molar-refractivity contribution is -0.132. The number of anilines is 1.